The molecule has 0 heterocycles. The number of hydrogen-bond acceptors (Lipinski definition) is 1. The molecule has 1 heteroatoms. The van der Waals surface area contributed by atoms with Crippen LogP contribution in [0, 0.1) is 11.3 Å². The molecule has 1 rings (SSSR count). The average Bonchev–Trinajstić information content (AvgIpc) is 1.83. The monoisotopic (exact) mass is 168 g/mol. The van der Waals surface area contributed by atoms with Crippen LogP contribution in [0.15, 0.2) is 12.2 Å². The van der Waals surface area contributed by atoms with Gasteiger partial charge in [-0.05, 0) is 31.1 Å². The first-order chi connectivity index (χ1) is 5.31. The molecule has 0 aliphatic heterocycles. The van der Waals surface area contributed by atoms with Crippen LogP contribution in [0.25, 0.3) is 0 Å². The van der Waals surface area contributed by atoms with Crippen LogP contribution in [0.1, 0.15) is 40.5 Å². The van der Waals surface area contributed by atoms with Gasteiger partial charge in [0.2, 0.25) is 0 Å². The van der Waals surface area contributed by atoms with E-state index in [1.165, 1.54) is 0 Å². The Hall–Kier alpha value is -0.300. The van der Waals surface area contributed by atoms with Gasteiger partial charge >= 0.3 is 0 Å². The summed E-state index contributed by atoms with van der Waals surface area (Å²) in [6.45, 7) is 8.63. The highest BCUT2D eigenvalue weighted by molar-refractivity contribution is 5.07. The molecule has 2 atom stereocenters. The standard InChI is InChI=1S/C11H20O/c1-10(2,3)9-5-7-11(4,12)8-6-9/h5,7,9,12H,6,8H2,1-4H3/t9-,11-/m0/s1. The summed E-state index contributed by atoms with van der Waals surface area (Å²) in [4.78, 5) is 0. The number of allylic oxidation sites excluding steroid dienone is 1. The predicted octanol–water partition coefficient (Wildman–Crippen LogP) is 2.75. The van der Waals surface area contributed by atoms with Gasteiger partial charge in [-0.25, -0.2) is 0 Å². The van der Waals surface area contributed by atoms with Crippen molar-refractivity contribution in [3.8, 4) is 0 Å². The largest absolute Gasteiger partial charge is 0.386 e. The van der Waals surface area contributed by atoms with Gasteiger partial charge in [0, 0.05) is 0 Å². The van der Waals surface area contributed by atoms with E-state index in [9.17, 15) is 5.11 Å². The van der Waals surface area contributed by atoms with E-state index in [1.54, 1.807) is 0 Å². The minimum Gasteiger partial charge on any atom is -0.386 e. The molecule has 0 spiro atoms. The lowest BCUT2D eigenvalue weighted by atomic mass is 9.73. The third-order valence-corrected chi connectivity index (χ3v) is 2.76. The maximum absolute atomic E-state index is 9.67. The molecule has 0 amide bonds. The van der Waals surface area contributed by atoms with Crippen LogP contribution in [0.3, 0.4) is 0 Å². The van der Waals surface area contributed by atoms with E-state index in [4.69, 9.17) is 0 Å². The molecule has 0 bridgehead atoms. The normalized spacial score (nSPS) is 36.9. The third kappa shape index (κ3) is 2.34. The van der Waals surface area contributed by atoms with Crippen LogP contribution in [0.5, 0.6) is 0 Å². The number of rotatable bonds is 0. The minimum atomic E-state index is -0.554. The lowest BCUT2D eigenvalue weighted by Crippen LogP contribution is -2.30. The molecule has 1 aliphatic rings. The Labute approximate surface area is 75.5 Å². The SMILES string of the molecule is CC(C)(C)[C@H]1C=C[C@](C)(O)CC1. The fourth-order valence-electron chi connectivity index (χ4n) is 1.67. The van der Waals surface area contributed by atoms with Crippen molar-refractivity contribution in [2.75, 3.05) is 0 Å². The molecule has 0 saturated carbocycles. The summed E-state index contributed by atoms with van der Waals surface area (Å²) in [5, 5.41) is 9.67. The van der Waals surface area contributed by atoms with Gasteiger partial charge in [0.25, 0.3) is 0 Å². The maximum Gasteiger partial charge on any atom is 0.0800 e. The third-order valence-electron chi connectivity index (χ3n) is 2.76. The second-order valence-corrected chi connectivity index (χ2v) is 5.23. The molecule has 70 valence electrons. The summed E-state index contributed by atoms with van der Waals surface area (Å²) in [6.07, 6.45) is 6.12. The maximum atomic E-state index is 9.67. The van der Waals surface area contributed by atoms with Gasteiger partial charge in [0.15, 0.2) is 0 Å². The van der Waals surface area contributed by atoms with E-state index in [2.05, 4.69) is 26.8 Å². The van der Waals surface area contributed by atoms with Gasteiger partial charge in [0.1, 0.15) is 0 Å². The second kappa shape index (κ2) is 2.88. The Balaban J connectivity index is 2.67. The summed E-state index contributed by atoms with van der Waals surface area (Å²) < 4.78 is 0. The van der Waals surface area contributed by atoms with Crippen molar-refractivity contribution < 1.29 is 5.11 Å². The highest BCUT2D eigenvalue weighted by Crippen LogP contribution is 2.36. The van der Waals surface area contributed by atoms with Gasteiger partial charge in [-0.3, -0.25) is 0 Å². The van der Waals surface area contributed by atoms with Crippen molar-refractivity contribution in [2.24, 2.45) is 11.3 Å². The number of aliphatic hydroxyl groups is 1. The van der Waals surface area contributed by atoms with Crippen LogP contribution in [-0.2, 0) is 0 Å². The first kappa shape index (κ1) is 9.79. The fraction of sp³-hybridized carbons (Fsp3) is 0.818. The van der Waals surface area contributed by atoms with E-state index in [-0.39, 0.29) is 0 Å². The molecule has 1 nitrogen and oxygen atoms in total. The molecule has 0 saturated heterocycles. The highest BCUT2D eigenvalue weighted by atomic mass is 16.3. The molecule has 0 fully saturated rings. The van der Waals surface area contributed by atoms with Crippen LogP contribution in [0.4, 0.5) is 0 Å². The Morgan fingerprint density at radius 1 is 1.42 bits per heavy atom. The van der Waals surface area contributed by atoms with Gasteiger partial charge < -0.3 is 5.11 Å². The van der Waals surface area contributed by atoms with Crippen molar-refractivity contribution in [2.45, 2.75) is 46.1 Å². The minimum absolute atomic E-state index is 0.340. The first-order valence-electron chi connectivity index (χ1n) is 4.73. The second-order valence-electron chi connectivity index (χ2n) is 5.23. The van der Waals surface area contributed by atoms with E-state index >= 15 is 0 Å². The smallest absolute Gasteiger partial charge is 0.0800 e. The molecule has 0 aromatic rings. The molecule has 0 aromatic heterocycles. The molecule has 1 aliphatic carbocycles. The Morgan fingerprint density at radius 2 is 2.00 bits per heavy atom. The summed E-state index contributed by atoms with van der Waals surface area (Å²) in [5.74, 6) is 0.623. The predicted molar refractivity (Wildman–Crippen MR) is 51.9 cm³/mol. The van der Waals surface area contributed by atoms with Crippen LogP contribution >= 0.6 is 0 Å². The molecule has 0 aromatic carbocycles. The van der Waals surface area contributed by atoms with Gasteiger partial charge in [0.05, 0.1) is 5.60 Å². The molecular formula is C11H20O. The lowest BCUT2D eigenvalue weighted by Gasteiger charge is -2.34. The van der Waals surface area contributed by atoms with Crippen molar-refractivity contribution in [3.05, 3.63) is 12.2 Å². The van der Waals surface area contributed by atoms with Crippen molar-refractivity contribution in [1.82, 2.24) is 0 Å². The topological polar surface area (TPSA) is 20.2 Å². The summed E-state index contributed by atoms with van der Waals surface area (Å²) in [6, 6.07) is 0. The zero-order chi connectivity index (χ0) is 9.41. The first-order valence-corrected chi connectivity index (χ1v) is 4.73. The summed E-state index contributed by atoms with van der Waals surface area (Å²) in [7, 11) is 0. The number of hydrogen-bond donors (Lipinski definition) is 1. The van der Waals surface area contributed by atoms with Crippen LogP contribution < -0.4 is 0 Å². The molecule has 0 unspecified atom stereocenters. The van der Waals surface area contributed by atoms with Crippen molar-refractivity contribution in [1.29, 1.82) is 0 Å². The highest BCUT2D eigenvalue weighted by Gasteiger charge is 2.29. The van der Waals surface area contributed by atoms with Crippen LogP contribution in [-0.4, -0.2) is 10.7 Å². The Bertz CT molecular complexity index is 184. The van der Waals surface area contributed by atoms with E-state index in [1.807, 2.05) is 13.0 Å². The Kier molecular flexibility index (Phi) is 2.35. The van der Waals surface area contributed by atoms with Gasteiger partial charge in [-0.2, -0.15) is 0 Å². The van der Waals surface area contributed by atoms with Crippen LogP contribution in [0.2, 0.25) is 0 Å². The van der Waals surface area contributed by atoms with Gasteiger partial charge in [-0.15, -0.1) is 0 Å². The molecule has 1 N–H and O–H groups in total. The van der Waals surface area contributed by atoms with Crippen molar-refractivity contribution in [3.63, 3.8) is 0 Å². The van der Waals surface area contributed by atoms with E-state index in [0.717, 1.165) is 12.8 Å². The van der Waals surface area contributed by atoms with E-state index in [0.29, 0.717) is 11.3 Å². The van der Waals surface area contributed by atoms with Gasteiger partial charge in [-0.1, -0.05) is 32.9 Å². The average molecular weight is 168 g/mol. The van der Waals surface area contributed by atoms with E-state index < -0.39 is 5.60 Å². The lowest BCUT2D eigenvalue weighted by molar-refractivity contribution is 0.0770. The Morgan fingerprint density at radius 3 is 2.33 bits per heavy atom. The quantitative estimate of drug-likeness (QED) is 0.551. The van der Waals surface area contributed by atoms with Crippen molar-refractivity contribution >= 4 is 0 Å². The fourth-order valence-corrected chi connectivity index (χ4v) is 1.67. The molecule has 12 heavy (non-hydrogen) atoms. The molecule has 0 radical (unpaired) electrons. The summed E-state index contributed by atoms with van der Waals surface area (Å²) >= 11 is 0. The molecular weight excluding hydrogens is 148 g/mol. The zero-order valence-electron chi connectivity index (χ0n) is 8.59. The zero-order valence-corrected chi connectivity index (χ0v) is 8.59. The summed E-state index contributed by atoms with van der Waals surface area (Å²) in [5.41, 5.74) is -0.214.